The monoisotopic (exact) mass is 281 g/mol. The molecule has 1 atom stereocenters. The molecule has 0 bridgehead atoms. The average molecular weight is 281 g/mol. The van der Waals surface area contributed by atoms with Crippen molar-refractivity contribution in [1.29, 1.82) is 0 Å². The second kappa shape index (κ2) is 6.70. The Kier molecular flexibility index (Phi) is 4.96. The summed E-state index contributed by atoms with van der Waals surface area (Å²) in [6, 6.07) is 3.94. The molecule has 0 unspecified atom stereocenters. The number of carboxylic acids is 1. The summed E-state index contributed by atoms with van der Waals surface area (Å²) in [5.74, 6) is -0.235. The number of amides is 1. The summed E-state index contributed by atoms with van der Waals surface area (Å²) in [4.78, 5) is 25.7. The maximum Gasteiger partial charge on any atom is 0.303 e. The molecule has 2 heterocycles. The van der Waals surface area contributed by atoms with Crippen molar-refractivity contribution in [3.05, 3.63) is 22.4 Å². The van der Waals surface area contributed by atoms with Crippen LogP contribution in [0.5, 0.6) is 0 Å². The van der Waals surface area contributed by atoms with Gasteiger partial charge in [-0.2, -0.15) is 0 Å². The fraction of sp³-hybridized carbons (Fsp3) is 0.571. The summed E-state index contributed by atoms with van der Waals surface area (Å²) in [6.07, 6.45) is 3.38. The van der Waals surface area contributed by atoms with E-state index in [1.165, 1.54) is 0 Å². The lowest BCUT2D eigenvalue weighted by Gasteiger charge is -2.32. The zero-order valence-corrected chi connectivity index (χ0v) is 11.7. The van der Waals surface area contributed by atoms with Crippen molar-refractivity contribution in [3.63, 3.8) is 0 Å². The highest BCUT2D eigenvalue weighted by Crippen LogP contribution is 2.22. The van der Waals surface area contributed by atoms with Gasteiger partial charge in [0.1, 0.15) is 0 Å². The first-order chi connectivity index (χ1) is 9.15. The van der Waals surface area contributed by atoms with Crippen molar-refractivity contribution in [3.8, 4) is 0 Å². The van der Waals surface area contributed by atoms with Crippen LogP contribution in [0.1, 0.15) is 30.6 Å². The van der Waals surface area contributed by atoms with Gasteiger partial charge >= 0.3 is 5.97 Å². The molecule has 0 saturated carbocycles. The first-order valence-electron chi connectivity index (χ1n) is 6.67. The van der Waals surface area contributed by atoms with Crippen LogP contribution in [0, 0.1) is 5.92 Å². The van der Waals surface area contributed by atoms with Gasteiger partial charge < -0.3 is 10.0 Å². The number of likely N-dealkylation sites (tertiary alicyclic amines) is 1. The summed E-state index contributed by atoms with van der Waals surface area (Å²) in [5, 5.41) is 10.7. The first kappa shape index (κ1) is 14.1. The van der Waals surface area contributed by atoms with Crippen molar-refractivity contribution in [2.75, 3.05) is 13.1 Å². The number of carbonyl (C=O) groups is 2. The molecule has 5 heteroatoms. The molecule has 0 spiro atoms. The Hall–Kier alpha value is -1.36. The molecule has 4 nitrogen and oxygen atoms in total. The van der Waals surface area contributed by atoms with Gasteiger partial charge in [0.2, 0.25) is 5.91 Å². The fourth-order valence-corrected chi connectivity index (χ4v) is 3.22. The van der Waals surface area contributed by atoms with Gasteiger partial charge in [-0.3, -0.25) is 9.59 Å². The van der Waals surface area contributed by atoms with Gasteiger partial charge in [0.05, 0.1) is 6.42 Å². The molecule has 1 amide bonds. The molecule has 1 saturated heterocycles. The number of piperidine rings is 1. The minimum absolute atomic E-state index is 0.169. The van der Waals surface area contributed by atoms with E-state index >= 15 is 0 Å². The summed E-state index contributed by atoms with van der Waals surface area (Å²) in [7, 11) is 0. The summed E-state index contributed by atoms with van der Waals surface area (Å²) in [5.41, 5.74) is 0. The van der Waals surface area contributed by atoms with E-state index in [2.05, 4.69) is 0 Å². The average Bonchev–Trinajstić information content (AvgIpc) is 2.89. The number of carboxylic acid groups (broad SMARTS) is 1. The Bertz CT molecular complexity index is 430. The number of hydrogen-bond acceptors (Lipinski definition) is 3. The molecule has 1 fully saturated rings. The quantitative estimate of drug-likeness (QED) is 0.901. The minimum Gasteiger partial charge on any atom is -0.481 e. The standard InChI is InChI=1S/C14H19NO3S/c16-13(9-12-4-2-8-19-12)15-7-1-3-11(10-15)5-6-14(17)18/h2,4,8,11H,1,3,5-7,9-10H2,(H,17,18)/t11-/m0/s1. The zero-order valence-electron chi connectivity index (χ0n) is 10.9. The van der Waals surface area contributed by atoms with Gasteiger partial charge in [0, 0.05) is 24.4 Å². The number of aliphatic carboxylic acids is 1. The lowest BCUT2D eigenvalue weighted by Crippen LogP contribution is -2.40. The Morgan fingerprint density at radius 2 is 2.32 bits per heavy atom. The van der Waals surface area contributed by atoms with E-state index in [0.717, 1.165) is 30.8 Å². The minimum atomic E-state index is -0.748. The predicted molar refractivity (Wildman–Crippen MR) is 74.2 cm³/mol. The fourth-order valence-electron chi connectivity index (χ4n) is 2.53. The molecule has 1 N–H and O–H groups in total. The van der Waals surface area contributed by atoms with Crippen LogP contribution in [0.3, 0.4) is 0 Å². The van der Waals surface area contributed by atoms with Gasteiger partial charge in [-0.15, -0.1) is 11.3 Å². The van der Waals surface area contributed by atoms with Crippen LogP contribution in [0.25, 0.3) is 0 Å². The third kappa shape index (κ3) is 4.35. The molecule has 1 aliphatic rings. The van der Waals surface area contributed by atoms with Crippen molar-refractivity contribution in [1.82, 2.24) is 4.90 Å². The molecule has 0 aromatic carbocycles. The maximum atomic E-state index is 12.2. The van der Waals surface area contributed by atoms with E-state index in [1.54, 1.807) is 11.3 Å². The van der Waals surface area contributed by atoms with Crippen molar-refractivity contribution in [2.24, 2.45) is 5.92 Å². The zero-order chi connectivity index (χ0) is 13.7. The molecule has 1 aromatic rings. The normalized spacial score (nSPS) is 19.4. The molecule has 0 aliphatic carbocycles. The number of hydrogen-bond donors (Lipinski definition) is 1. The van der Waals surface area contributed by atoms with E-state index in [-0.39, 0.29) is 12.3 Å². The van der Waals surface area contributed by atoms with Gasteiger partial charge in [0.15, 0.2) is 0 Å². The van der Waals surface area contributed by atoms with Gasteiger partial charge in [-0.1, -0.05) is 6.07 Å². The first-order valence-corrected chi connectivity index (χ1v) is 7.55. The van der Waals surface area contributed by atoms with Crippen molar-refractivity contribution < 1.29 is 14.7 Å². The number of nitrogens with zero attached hydrogens (tertiary/aromatic N) is 1. The van der Waals surface area contributed by atoms with Crippen LogP contribution in [0.2, 0.25) is 0 Å². The molecule has 19 heavy (non-hydrogen) atoms. The largest absolute Gasteiger partial charge is 0.481 e. The highest BCUT2D eigenvalue weighted by Gasteiger charge is 2.24. The lowest BCUT2D eigenvalue weighted by molar-refractivity contribution is -0.137. The number of thiophene rings is 1. The highest BCUT2D eigenvalue weighted by atomic mass is 32.1. The third-order valence-electron chi connectivity index (χ3n) is 3.54. The lowest BCUT2D eigenvalue weighted by atomic mass is 9.93. The van der Waals surface area contributed by atoms with Gasteiger partial charge in [0.25, 0.3) is 0 Å². The van der Waals surface area contributed by atoms with Crippen LogP contribution in [-0.4, -0.2) is 35.0 Å². The second-order valence-corrected chi connectivity index (χ2v) is 6.07. The predicted octanol–water partition coefficient (Wildman–Crippen LogP) is 2.39. The second-order valence-electron chi connectivity index (χ2n) is 5.04. The SMILES string of the molecule is O=C(O)CC[C@@H]1CCCN(C(=O)Cc2cccs2)C1. The molecular weight excluding hydrogens is 262 g/mol. The summed E-state index contributed by atoms with van der Waals surface area (Å²) < 4.78 is 0. The molecular formula is C14H19NO3S. The van der Waals surface area contributed by atoms with Gasteiger partial charge in [-0.25, -0.2) is 0 Å². The molecule has 1 aliphatic heterocycles. The van der Waals surface area contributed by atoms with Crippen LogP contribution in [0.4, 0.5) is 0 Å². The van der Waals surface area contributed by atoms with Crippen LogP contribution < -0.4 is 0 Å². The van der Waals surface area contributed by atoms with E-state index in [9.17, 15) is 9.59 Å². The Balaban J connectivity index is 1.82. The van der Waals surface area contributed by atoms with E-state index in [4.69, 9.17) is 5.11 Å². The maximum absolute atomic E-state index is 12.2. The number of rotatable bonds is 5. The summed E-state index contributed by atoms with van der Waals surface area (Å²) >= 11 is 1.61. The Morgan fingerprint density at radius 1 is 1.47 bits per heavy atom. The van der Waals surface area contributed by atoms with Crippen molar-refractivity contribution in [2.45, 2.75) is 32.1 Å². The van der Waals surface area contributed by atoms with E-state index in [0.29, 0.717) is 18.8 Å². The Morgan fingerprint density at radius 3 is 3.00 bits per heavy atom. The molecule has 0 radical (unpaired) electrons. The smallest absolute Gasteiger partial charge is 0.303 e. The van der Waals surface area contributed by atoms with Crippen LogP contribution >= 0.6 is 11.3 Å². The van der Waals surface area contributed by atoms with E-state index in [1.807, 2.05) is 22.4 Å². The topological polar surface area (TPSA) is 57.6 Å². The third-order valence-corrected chi connectivity index (χ3v) is 4.42. The van der Waals surface area contributed by atoms with Crippen molar-refractivity contribution >= 4 is 23.2 Å². The van der Waals surface area contributed by atoms with Crippen LogP contribution in [-0.2, 0) is 16.0 Å². The van der Waals surface area contributed by atoms with Gasteiger partial charge in [-0.05, 0) is 36.6 Å². The number of carbonyl (C=O) groups excluding carboxylic acids is 1. The Labute approximate surface area is 117 Å². The summed E-state index contributed by atoms with van der Waals surface area (Å²) in [6.45, 7) is 1.53. The molecule has 2 rings (SSSR count). The highest BCUT2D eigenvalue weighted by molar-refractivity contribution is 7.10. The van der Waals surface area contributed by atoms with Crippen LogP contribution in [0.15, 0.2) is 17.5 Å². The molecule has 1 aromatic heterocycles. The molecule has 104 valence electrons. The van der Waals surface area contributed by atoms with E-state index < -0.39 is 5.97 Å².